The van der Waals surface area contributed by atoms with Gasteiger partial charge in [0.05, 0.1) is 0 Å². The fraction of sp³-hybridized carbons (Fsp3) is 0.571. The van der Waals surface area contributed by atoms with E-state index in [9.17, 15) is 18.0 Å². The van der Waals surface area contributed by atoms with Gasteiger partial charge in [0.1, 0.15) is 5.69 Å². The number of hydrogen-bond donors (Lipinski definition) is 1. The van der Waals surface area contributed by atoms with Gasteiger partial charge in [-0.3, -0.25) is 9.78 Å². The number of alkyl halides is 3. The molecule has 2 N–H and O–H groups in total. The van der Waals surface area contributed by atoms with Gasteiger partial charge in [-0.25, -0.2) is 0 Å². The summed E-state index contributed by atoms with van der Waals surface area (Å²) < 4.78 is 45.9. The number of rotatable bonds is 7. The van der Waals surface area contributed by atoms with Crippen LogP contribution in [0.1, 0.15) is 42.9 Å². The van der Waals surface area contributed by atoms with Crippen LogP contribution in [0, 0.1) is 0 Å². The molecule has 8 heteroatoms. The molecule has 22 heavy (non-hydrogen) atoms. The van der Waals surface area contributed by atoms with Crippen LogP contribution in [-0.4, -0.2) is 25.4 Å². The minimum Gasteiger partial charge on any atom is -0.402 e. The second-order valence-electron chi connectivity index (χ2n) is 5.12. The molecule has 0 aliphatic carbocycles. The molecule has 1 atom stereocenters. The first-order chi connectivity index (χ1) is 10.2. The summed E-state index contributed by atoms with van der Waals surface area (Å²) in [5.41, 5.74) is 4.75. The molecule has 1 rings (SSSR count). The highest BCUT2D eigenvalue weighted by atomic mass is 28.4. The van der Waals surface area contributed by atoms with E-state index in [1.165, 1.54) is 6.07 Å². The number of halogens is 3. The van der Waals surface area contributed by atoms with Crippen LogP contribution in [0.15, 0.2) is 18.3 Å². The van der Waals surface area contributed by atoms with Crippen LogP contribution in [-0.2, 0) is 4.43 Å². The number of pyridine rings is 1. The van der Waals surface area contributed by atoms with Crippen molar-refractivity contribution in [2.24, 2.45) is 5.73 Å². The molecule has 4 nitrogen and oxygen atoms in total. The smallest absolute Gasteiger partial charge is 0.402 e. The van der Waals surface area contributed by atoms with Gasteiger partial charge < -0.3 is 10.2 Å². The minimum atomic E-state index is -4.56. The monoisotopic (exact) mass is 334 g/mol. The SMILES string of the molecule is CC[Si](CC)(CC)OC(c1ccnc(C(N)=O)c1)C(F)(F)F. The Morgan fingerprint density at radius 3 is 2.27 bits per heavy atom. The van der Waals surface area contributed by atoms with Crippen LogP contribution < -0.4 is 5.73 Å². The number of hydrogen-bond acceptors (Lipinski definition) is 3. The maximum absolute atomic E-state index is 13.4. The van der Waals surface area contributed by atoms with Crippen LogP contribution >= 0.6 is 0 Å². The Labute approximate surface area is 129 Å². The van der Waals surface area contributed by atoms with Crippen molar-refractivity contribution < 1.29 is 22.4 Å². The maximum Gasteiger partial charge on any atom is 0.417 e. The Morgan fingerprint density at radius 2 is 1.86 bits per heavy atom. The molecule has 0 fully saturated rings. The summed E-state index contributed by atoms with van der Waals surface area (Å²) in [5.74, 6) is -0.868. The van der Waals surface area contributed by atoms with Crippen LogP contribution in [0.25, 0.3) is 0 Å². The minimum absolute atomic E-state index is 0.136. The highest BCUT2D eigenvalue weighted by molar-refractivity contribution is 6.73. The first-order valence-electron chi connectivity index (χ1n) is 7.19. The summed E-state index contributed by atoms with van der Waals surface area (Å²) in [5, 5.41) is 0. The highest BCUT2D eigenvalue weighted by Crippen LogP contribution is 2.40. The Hall–Kier alpha value is -1.41. The number of nitrogens with two attached hydrogens (primary N) is 1. The quantitative estimate of drug-likeness (QED) is 0.771. The van der Waals surface area contributed by atoms with Gasteiger partial charge in [-0.05, 0) is 35.8 Å². The molecule has 1 aromatic rings. The normalized spacial score (nSPS) is 13.9. The van der Waals surface area contributed by atoms with E-state index in [1.54, 1.807) is 0 Å². The average molecular weight is 334 g/mol. The summed E-state index contributed by atoms with van der Waals surface area (Å²) >= 11 is 0. The van der Waals surface area contributed by atoms with Gasteiger partial charge in [0.15, 0.2) is 14.4 Å². The fourth-order valence-electron chi connectivity index (χ4n) is 2.32. The molecule has 0 aliphatic rings. The van der Waals surface area contributed by atoms with E-state index in [2.05, 4.69) is 4.98 Å². The predicted molar refractivity (Wildman–Crippen MR) is 79.8 cm³/mol. The highest BCUT2D eigenvalue weighted by Gasteiger charge is 2.46. The summed E-state index contributed by atoms with van der Waals surface area (Å²) in [7, 11) is -2.47. The number of aromatic nitrogens is 1. The zero-order valence-corrected chi connectivity index (χ0v) is 13.9. The summed E-state index contributed by atoms with van der Waals surface area (Å²) in [6.45, 7) is 5.57. The molecular weight excluding hydrogens is 313 g/mol. The fourth-order valence-corrected chi connectivity index (χ4v) is 5.09. The first kappa shape index (κ1) is 18.6. The van der Waals surface area contributed by atoms with Crippen molar-refractivity contribution in [1.82, 2.24) is 4.98 Å². The Kier molecular flexibility index (Phi) is 6.13. The maximum atomic E-state index is 13.4. The third-order valence-electron chi connectivity index (χ3n) is 3.94. The van der Waals surface area contributed by atoms with Crippen molar-refractivity contribution in [1.29, 1.82) is 0 Å². The van der Waals surface area contributed by atoms with Crippen molar-refractivity contribution in [3.63, 3.8) is 0 Å². The Morgan fingerprint density at radius 1 is 1.32 bits per heavy atom. The third-order valence-corrected chi connectivity index (χ3v) is 8.54. The molecule has 1 amide bonds. The summed E-state index contributed by atoms with van der Waals surface area (Å²) in [6, 6.07) is 4.06. The second kappa shape index (κ2) is 7.23. The molecule has 1 aromatic heterocycles. The van der Waals surface area contributed by atoms with Crippen LogP contribution in [0.2, 0.25) is 18.1 Å². The number of nitrogens with zero attached hydrogens (tertiary/aromatic N) is 1. The molecule has 0 saturated heterocycles. The average Bonchev–Trinajstić information content (AvgIpc) is 2.48. The number of carbonyl (C=O) groups excluding carboxylic acids is 1. The number of primary amides is 1. The van der Waals surface area contributed by atoms with E-state index in [0.29, 0.717) is 18.1 Å². The molecule has 1 unspecified atom stereocenters. The topological polar surface area (TPSA) is 65.2 Å². The lowest BCUT2D eigenvalue weighted by Crippen LogP contribution is -2.41. The van der Waals surface area contributed by atoms with E-state index < -0.39 is 26.5 Å². The van der Waals surface area contributed by atoms with Crippen LogP contribution in [0.4, 0.5) is 13.2 Å². The van der Waals surface area contributed by atoms with Crippen LogP contribution in [0.5, 0.6) is 0 Å². The van der Waals surface area contributed by atoms with Crippen molar-refractivity contribution in [3.8, 4) is 0 Å². The van der Waals surface area contributed by atoms with Gasteiger partial charge in [0.25, 0.3) is 5.91 Å². The van der Waals surface area contributed by atoms with Crippen molar-refractivity contribution >= 4 is 14.2 Å². The summed E-state index contributed by atoms with van der Waals surface area (Å²) in [4.78, 5) is 14.8. The van der Waals surface area contributed by atoms with Crippen molar-refractivity contribution in [3.05, 3.63) is 29.6 Å². The lowest BCUT2D eigenvalue weighted by Gasteiger charge is -2.34. The van der Waals surface area contributed by atoms with Gasteiger partial charge in [-0.1, -0.05) is 20.8 Å². The molecule has 0 aromatic carbocycles. The molecular formula is C14H21F3N2O2Si. The van der Waals surface area contributed by atoms with Gasteiger partial charge in [0, 0.05) is 6.20 Å². The van der Waals surface area contributed by atoms with E-state index in [4.69, 9.17) is 10.2 Å². The second-order valence-corrected chi connectivity index (χ2v) is 9.84. The molecule has 0 spiro atoms. The number of amides is 1. The third kappa shape index (κ3) is 4.29. The predicted octanol–water partition coefficient (Wildman–Crippen LogP) is 3.81. The molecule has 0 radical (unpaired) electrons. The van der Waals surface area contributed by atoms with E-state index in [1.807, 2.05) is 20.8 Å². The van der Waals surface area contributed by atoms with Gasteiger partial charge in [0.2, 0.25) is 0 Å². The van der Waals surface area contributed by atoms with Gasteiger partial charge >= 0.3 is 6.18 Å². The van der Waals surface area contributed by atoms with E-state index >= 15 is 0 Å². The standard InChI is InChI=1S/C14H21F3N2O2Si/c1-4-22(5-2,6-3)21-12(14(15,16)17)10-7-8-19-11(9-10)13(18)20/h7-9,12H,4-6H2,1-3H3,(H2,18,20). The molecule has 0 saturated carbocycles. The Bertz CT molecular complexity index is 511. The van der Waals surface area contributed by atoms with E-state index in [-0.39, 0.29) is 11.3 Å². The zero-order valence-electron chi connectivity index (χ0n) is 12.9. The largest absolute Gasteiger partial charge is 0.417 e. The van der Waals surface area contributed by atoms with Crippen molar-refractivity contribution in [2.45, 2.75) is 51.2 Å². The molecule has 0 aliphatic heterocycles. The first-order valence-corrected chi connectivity index (χ1v) is 9.72. The lowest BCUT2D eigenvalue weighted by molar-refractivity contribution is -0.201. The van der Waals surface area contributed by atoms with Crippen molar-refractivity contribution in [2.75, 3.05) is 0 Å². The van der Waals surface area contributed by atoms with Gasteiger partial charge in [-0.2, -0.15) is 13.2 Å². The lowest BCUT2D eigenvalue weighted by atomic mass is 10.1. The Balaban J connectivity index is 3.25. The summed E-state index contributed by atoms with van der Waals surface area (Å²) in [6.07, 6.45) is -5.47. The molecule has 124 valence electrons. The van der Waals surface area contributed by atoms with Crippen LogP contribution in [0.3, 0.4) is 0 Å². The molecule has 0 bridgehead atoms. The molecule has 1 heterocycles. The van der Waals surface area contributed by atoms with Gasteiger partial charge in [-0.15, -0.1) is 0 Å². The number of carbonyl (C=O) groups is 1. The van der Waals surface area contributed by atoms with E-state index in [0.717, 1.165) is 12.3 Å². The zero-order chi connectivity index (χ0) is 17.0.